The Balaban J connectivity index is 2.29. The largest absolute Gasteiger partial charge is 0.341 e. The molecule has 0 bridgehead atoms. The highest BCUT2D eigenvalue weighted by molar-refractivity contribution is 7.80. The van der Waals surface area contributed by atoms with E-state index < -0.39 is 0 Å². The van der Waals surface area contributed by atoms with Crippen molar-refractivity contribution in [2.24, 2.45) is 5.92 Å². The summed E-state index contributed by atoms with van der Waals surface area (Å²) < 4.78 is 0. The van der Waals surface area contributed by atoms with Gasteiger partial charge in [-0.15, -0.1) is 0 Å². The van der Waals surface area contributed by atoms with Gasteiger partial charge in [-0.05, 0) is 44.8 Å². The van der Waals surface area contributed by atoms with Crippen molar-refractivity contribution < 1.29 is 4.79 Å². The van der Waals surface area contributed by atoms with Crippen LogP contribution in [0.4, 0.5) is 4.79 Å². The average Bonchev–Trinajstić information content (AvgIpc) is 2.38. The molecule has 2 amide bonds. The van der Waals surface area contributed by atoms with Crippen LogP contribution in [-0.2, 0) is 0 Å². The Morgan fingerprint density at radius 3 is 2.59 bits per heavy atom. The standard InChI is InChI=1S/C12H25N3OS/c1-3-15-6-4-10(5-7-15)8-11(9-17)14-12(16)13-2/h10-11,17H,3-9H2,1-2H3,(H2,13,14,16)/t11-/m0/s1. The minimum Gasteiger partial charge on any atom is -0.341 e. The topological polar surface area (TPSA) is 44.4 Å². The normalized spacial score (nSPS) is 19.9. The number of nitrogens with one attached hydrogen (secondary N) is 2. The van der Waals surface area contributed by atoms with Crippen molar-refractivity contribution in [1.29, 1.82) is 0 Å². The predicted octanol–water partition coefficient (Wildman–Crippen LogP) is 1.34. The molecule has 17 heavy (non-hydrogen) atoms. The van der Waals surface area contributed by atoms with Crippen molar-refractivity contribution in [1.82, 2.24) is 15.5 Å². The Kier molecular flexibility index (Phi) is 6.73. The molecule has 1 saturated heterocycles. The Bertz CT molecular complexity index is 230. The van der Waals surface area contributed by atoms with Crippen LogP contribution in [0.1, 0.15) is 26.2 Å². The number of urea groups is 1. The van der Waals surface area contributed by atoms with Crippen LogP contribution in [-0.4, -0.2) is 49.4 Å². The van der Waals surface area contributed by atoms with Gasteiger partial charge in [0, 0.05) is 18.8 Å². The van der Waals surface area contributed by atoms with Crippen LogP contribution in [0, 0.1) is 5.92 Å². The highest BCUT2D eigenvalue weighted by Crippen LogP contribution is 2.22. The molecule has 1 aliphatic heterocycles. The molecule has 0 radical (unpaired) electrons. The van der Waals surface area contributed by atoms with Crippen LogP contribution < -0.4 is 10.6 Å². The molecule has 4 nitrogen and oxygen atoms in total. The lowest BCUT2D eigenvalue weighted by Crippen LogP contribution is -2.43. The molecule has 0 spiro atoms. The van der Waals surface area contributed by atoms with Crippen LogP contribution in [0.25, 0.3) is 0 Å². The van der Waals surface area contributed by atoms with Gasteiger partial charge < -0.3 is 15.5 Å². The van der Waals surface area contributed by atoms with Crippen LogP contribution in [0.5, 0.6) is 0 Å². The first-order chi connectivity index (χ1) is 8.19. The molecule has 0 saturated carbocycles. The molecule has 0 aliphatic carbocycles. The molecule has 2 N–H and O–H groups in total. The number of hydrogen-bond donors (Lipinski definition) is 3. The number of rotatable bonds is 5. The zero-order valence-corrected chi connectivity index (χ0v) is 11.8. The first kappa shape index (κ1) is 14.6. The summed E-state index contributed by atoms with van der Waals surface area (Å²) in [5, 5.41) is 5.54. The van der Waals surface area contributed by atoms with E-state index in [1.165, 1.54) is 25.9 Å². The molecule has 0 aromatic heterocycles. The van der Waals surface area contributed by atoms with E-state index in [0.29, 0.717) is 5.75 Å². The van der Waals surface area contributed by atoms with Crippen molar-refractivity contribution in [2.45, 2.75) is 32.2 Å². The van der Waals surface area contributed by atoms with Gasteiger partial charge in [0.1, 0.15) is 0 Å². The molecule has 1 rings (SSSR count). The Morgan fingerprint density at radius 2 is 2.12 bits per heavy atom. The predicted molar refractivity (Wildman–Crippen MR) is 74.7 cm³/mol. The lowest BCUT2D eigenvalue weighted by Gasteiger charge is -2.32. The quantitative estimate of drug-likeness (QED) is 0.652. The monoisotopic (exact) mass is 259 g/mol. The van der Waals surface area contributed by atoms with E-state index in [2.05, 4.69) is 35.1 Å². The Morgan fingerprint density at radius 1 is 1.47 bits per heavy atom. The number of piperidine rings is 1. The zero-order valence-electron chi connectivity index (χ0n) is 10.9. The minimum absolute atomic E-state index is 0.102. The van der Waals surface area contributed by atoms with Gasteiger partial charge in [0.25, 0.3) is 0 Å². The number of thiol groups is 1. The third-order valence-electron chi connectivity index (χ3n) is 3.55. The van der Waals surface area contributed by atoms with Crippen LogP contribution in [0.3, 0.4) is 0 Å². The van der Waals surface area contributed by atoms with Crippen molar-refractivity contribution in [3.63, 3.8) is 0 Å². The van der Waals surface area contributed by atoms with Crippen molar-refractivity contribution in [2.75, 3.05) is 32.4 Å². The Hall–Kier alpha value is -0.420. The molecule has 5 heteroatoms. The molecule has 100 valence electrons. The van der Waals surface area contributed by atoms with Gasteiger partial charge in [-0.1, -0.05) is 6.92 Å². The zero-order chi connectivity index (χ0) is 12.7. The van der Waals surface area contributed by atoms with E-state index in [1.54, 1.807) is 7.05 Å². The summed E-state index contributed by atoms with van der Waals surface area (Å²) in [7, 11) is 1.64. The summed E-state index contributed by atoms with van der Waals surface area (Å²) in [6.45, 7) is 5.75. The van der Waals surface area contributed by atoms with E-state index in [-0.39, 0.29) is 12.1 Å². The van der Waals surface area contributed by atoms with Gasteiger partial charge in [-0.25, -0.2) is 4.79 Å². The summed E-state index contributed by atoms with van der Waals surface area (Å²) in [6.07, 6.45) is 3.54. The van der Waals surface area contributed by atoms with Crippen LogP contribution in [0.2, 0.25) is 0 Å². The van der Waals surface area contributed by atoms with E-state index in [0.717, 1.165) is 18.9 Å². The van der Waals surface area contributed by atoms with Crippen molar-refractivity contribution in [3.05, 3.63) is 0 Å². The van der Waals surface area contributed by atoms with E-state index in [9.17, 15) is 4.79 Å². The fourth-order valence-corrected chi connectivity index (χ4v) is 2.62. The lowest BCUT2D eigenvalue weighted by molar-refractivity contribution is 0.179. The number of amides is 2. The first-order valence-electron chi connectivity index (χ1n) is 6.51. The van der Waals surface area contributed by atoms with Gasteiger partial charge >= 0.3 is 6.03 Å². The molecule has 1 heterocycles. The SMILES string of the molecule is CCN1CCC(C[C@@H](CS)NC(=O)NC)CC1. The molecule has 0 aromatic rings. The molecular formula is C12H25N3OS. The highest BCUT2D eigenvalue weighted by Gasteiger charge is 2.21. The lowest BCUT2D eigenvalue weighted by atomic mass is 9.90. The fourth-order valence-electron chi connectivity index (χ4n) is 2.38. The number of likely N-dealkylation sites (tertiary alicyclic amines) is 1. The van der Waals surface area contributed by atoms with E-state index >= 15 is 0 Å². The first-order valence-corrected chi connectivity index (χ1v) is 7.14. The van der Waals surface area contributed by atoms with Crippen LogP contribution >= 0.6 is 12.6 Å². The fraction of sp³-hybridized carbons (Fsp3) is 0.917. The maximum absolute atomic E-state index is 11.3. The molecule has 1 atom stereocenters. The second-order valence-corrected chi connectivity index (χ2v) is 5.08. The van der Waals surface area contributed by atoms with Crippen molar-refractivity contribution in [3.8, 4) is 0 Å². The highest BCUT2D eigenvalue weighted by atomic mass is 32.1. The smallest absolute Gasteiger partial charge is 0.314 e. The number of hydrogen-bond acceptors (Lipinski definition) is 3. The van der Waals surface area contributed by atoms with Gasteiger partial charge in [-0.3, -0.25) is 0 Å². The third kappa shape index (κ3) is 5.17. The number of nitrogens with zero attached hydrogens (tertiary/aromatic N) is 1. The van der Waals surface area contributed by atoms with Gasteiger partial charge in [-0.2, -0.15) is 12.6 Å². The second-order valence-electron chi connectivity index (χ2n) is 4.72. The molecule has 0 unspecified atom stereocenters. The number of carbonyl (C=O) groups is 1. The third-order valence-corrected chi connectivity index (χ3v) is 4.00. The molecular weight excluding hydrogens is 234 g/mol. The minimum atomic E-state index is -0.102. The van der Waals surface area contributed by atoms with Gasteiger partial charge in [0.15, 0.2) is 0 Å². The summed E-state index contributed by atoms with van der Waals surface area (Å²) in [4.78, 5) is 13.7. The average molecular weight is 259 g/mol. The maximum atomic E-state index is 11.3. The number of carbonyl (C=O) groups excluding carboxylic acids is 1. The molecule has 0 aromatic carbocycles. The molecule has 1 fully saturated rings. The van der Waals surface area contributed by atoms with E-state index in [4.69, 9.17) is 0 Å². The maximum Gasteiger partial charge on any atom is 0.314 e. The molecule has 1 aliphatic rings. The second kappa shape index (κ2) is 7.82. The Labute approximate surface area is 110 Å². The summed E-state index contributed by atoms with van der Waals surface area (Å²) >= 11 is 4.31. The van der Waals surface area contributed by atoms with Gasteiger partial charge in [0.05, 0.1) is 0 Å². The van der Waals surface area contributed by atoms with Crippen molar-refractivity contribution >= 4 is 18.7 Å². The summed E-state index contributed by atoms with van der Waals surface area (Å²) in [6, 6.07) is 0.0894. The van der Waals surface area contributed by atoms with Gasteiger partial charge in [0.2, 0.25) is 0 Å². The van der Waals surface area contributed by atoms with Crippen LogP contribution in [0.15, 0.2) is 0 Å². The summed E-state index contributed by atoms with van der Waals surface area (Å²) in [5.74, 6) is 1.44. The van der Waals surface area contributed by atoms with E-state index in [1.807, 2.05) is 0 Å². The summed E-state index contributed by atoms with van der Waals surface area (Å²) in [5.41, 5.74) is 0.